The Morgan fingerprint density at radius 2 is 1.92 bits per heavy atom. The molecule has 2 heterocycles. The van der Waals surface area contributed by atoms with Crippen LogP contribution in [0.4, 0.5) is 14.5 Å². The van der Waals surface area contributed by atoms with Gasteiger partial charge in [-0.2, -0.15) is 5.26 Å². The van der Waals surface area contributed by atoms with E-state index in [4.69, 9.17) is 10.00 Å². The number of rotatable bonds is 5. The maximum absolute atomic E-state index is 15.0. The summed E-state index contributed by atoms with van der Waals surface area (Å²) in [5.74, 6) is 0.150. The number of nitriles is 1. The third-order valence-electron chi connectivity index (χ3n) is 8.03. The lowest BCUT2D eigenvalue weighted by Crippen LogP contribution is -2.35. The Balaban J connectivity index is 1.09. The van der Waals surface area contributed by atoms with E-state index < -0.39 is 0 Å². The van der Waals surface area contributed by atoms with E-state index in [1.54, 1.807) is 42.5 Å². The fourth-order valence-electron chi connectivity index (χ4n) is 5.81. The first kappa shape index (κ1) is 22.5. The van der Waals surface area contributed by atoms with Gasteiger partial charge in [0.05, 0.1) is 17.3 Å². The Morgan fingerprint density at radius 3 is 2.67 bits per heavy atom. The van der Waals surface area contributed by atoms with Crippen molar-refractivity contribution < 1.29 is 18.3 Å². The summed E-state index contributed by atoms with van der Waals surface area (Å²) in [5.41, 5.74) is 3.91. The van der Waals surface area contributed by atoms with Crippen LogP contribution in [0.3, 0.4) is 0 Å². The normalized spacial score (nSPS) is 19.5. The van der Waals surface area contributed by atoms with Gasteiger partial charge in [0, 0.05) is 36.3 Å². The predicted molar refractivity (Wildman–Crippen MR) is 131 cm³/mol. The molecule has 1 unspecified atom stereocenters. The van der Waals surface area contributed by atoms with Crippen LogP contribution in [0.2, 0.25) is 0 Å². The molecule has 1 N–H and O–H groups in total. The van der Waals surface area contributed by atoms with Crippen molar-refractivity contribution >= 4 is 11.6 Å². The minimum Gasteiger partial charge on any atom is -0.488 e. The molecule has 5 nitrogen and oxygen atoms in total. The number of piperidine rings is 1. The number of hydrogen-bond acceptors (Lipinski definition) is 4. The summed E-state index contributed by atoms with van der Waals surface area (Å²) in [4.78, 5) is 13.9. The molecule has 2 fully saturated rings. The zero-order valence-electron chi connectivity index (χ0n) is 19.7. The molecule has 0 aromatic heterocycles. The van der Waals surface area contributed by atoms with E-state index in [2.05, 4.69) is 5.32 Å². The van der Waals surface area contributed by atoms with Gasteiger partial charge in [-0.1, -0.05) is 18.2 Å². The van der Waals surface area contributed by atoms with Crippen molar-refractivity contribution in [2.45, 2.75) is 38.3 Å². The number of anilines is 1. The molecule has 0 bridgehead atoms. The molecule has 1 amide bonds. The molecule has 3 aromatic rings. The molecule has 0 radical (unpaired) electrons. The molecule has 1 aliphatic carbocycles. The van der Waals surface area contributed by atoms with Gasteiger partial charge in [0.25, 0.3) is 5.91 Å². The average molecular weight is 486 g/mol. The number of carbonyl (C=O) groups excluding carboxylic acids is 1. The van der Waals surface area contributed by atoms with Crippen LogP contribution < -0.4 is 15.0 Å². The Morgan fingerprint density at radius 1 is 1.08 bits per heavy atom. The van der Waals surface area contributed by atoms with Gasteiger partial charge in [0.2, 0.25) is 0 Å². The number of nitrogens with zero attached hydrogens (tertiary/aromatic N) is 2. The molecular formula is C29H25F2N3O2. The molecule has 182 valence electrons. The van der Waals surface area contributed by atoms with Crippen molar-refractivity contribution in [3.05, 3.63) is 94.0 Å². The number of hydrogen-bond donors (Lipinski definition) is 1. The van der Waals surface area contributed by atoms with Crippen LogP contribution in [0.1, 0.15) is 57.8 Å². The summed E-state index contributed by atoms with van der Waals surface area (Å²) in [7, 11) is 0. The fourth-order valence-corrected chi connectivity index (χ4v) is 5.81. The van der Waals surface area contributed by atoms with Gasteiger partial charge >= 0.3 is 0 Å². The summed E-state index contributed by atoms with van der Waals surface area (Å²) in [6.07, 6.45) is 2.87. The van der Waals surface area contributed by atoms with Gasteiger partial charge < -0.3 is 15.0 Å². The number of amides is 1. The van der Waals surface area contributed by atoms with E-state index in [0.29, 0.717) is 40.6 Å². The second-order valence-corrected chi connectivity index (χ2v) is 9.99. The minimum absolute atomic E-state index is 0.0949. The number of ether oxygens (including phenoxy) is 1. The maximum atomic E-state index is 15.0. The molecule has 7 heteroatoms. The van der Waals surface area contributed by atoms with E-state index >= 15 is 4.39 Å². The number of fused-ring (bicyclic) bond motifs is 1. The zero-order chi connectivity index (χ0) is 24.9. The number of benzene rings is 3. The van der Waals surface area contributed by atoms with E-state index in [0.717, 1.165) is 43.5 Å². The van der Waals surface area contributed by atoms with E-state index in [9.17, 15) is 9.18 Å². The van der Waals surface area contributed by atoms with E-state index in [1.807, 2.05) is 17.0 Å². The van der Waals surface area contributed by atoms with E-state index in [1.165, 1.54) is 6.07 Å². The quantitative estimate of drug-likeness (QED) is 0.523. The molecule has 1 atom stereocenters. The summed E-state index contributed by atoms with van der Waals surface area (Å²) in [6.45, 7) is 2.00. The van der Waals surface area contributed by atoms with Crippen LogP contribution in [0.5, 0.6) is 5.75 Å². The largest absolute Gasteiger partial charge is 0.488 e. The topological polar surface area (TPSA) is 65.4 Å². The second-order valence-electron chi connectivity index (χ2n) is 9.99. The molecule has 1 saturated heterocycles. The Labute approximate surface area is 208 Å². The first-order chi connectivity index (χ1) is 17.5. The molecule has 6 rings (SSSR count). The van der Waals surface area contributed by atoms with Crippen molar-refractivity contribution in [3.63, 3.8) is 0 Å². The molecular weight excluding hydrogens is 460 g/mol. The third kappa shape index (κ3) is 3.87. The number of carbonyl (C=O) groups is 1. The molecule has 1 spiro atoms. The highest BCUT2D eigenvalue weighted by molar-refractivity contribution is 5.99. The van der Waals surface area contributed by atoms with Gasteiger partial charge in [-0.15, -0.1) is 0 Å². The van der Waals surface area contributed by atoms with Crippen molar-refractivity contribution in [1.82, 2.24) is 5.32 Å². The highest BCUT2D eigenvalue weighted by Crippen LogP contribution is 2.65. The fraction of sp³-hybridized carbons (Fsp3) is 0.310. The second kappa shape index (κ2) is 8.63. The number of nitrogens with one attached hydrogen (secondary N) is 1. The van der Waals surface area contributed by atoms with Crippen LogP contribution in [0.25, 0.3) is 0 Å². The Bertz CT molecular complexity index is 1410. The smallest absolute Gasteiger partial charge is 0.252 e. The van der Waals surface area contributed by atoms with Gasteiger partial charge in [-0.3, -0.25) is 4.79 Å². The average Bonchev–Trinajstić information content (AvgIpc) is 3.46. The lowest BCUT2D eigenvalue weighted by atomic mass is 9.88. The Kier molecular flexibility index (Phi) is 5.40. The first-order valence-corrected chi connectivity index (χ1v) is 12.2. The highest BCUT2D eigenvalue weighted by Gasteiger charge is 2.55. The van der Waals surface area contributed by atoms with Gasteiger partial charge in [-0.25, -0.2) is 8.78 Å². The van der Waals surface area contributed by atoms with Gasteiger partial charge in [0.15, 0.2) is 0 Å². The van der Waals surface area contributed by atoms with Crippen LogP contribution in [0, 0.1) is 28.4 Å². The lowest BCUT2D eigenvalue weighted by Gasteiger charge is -2.35. The van der Waals surface area contributed by atoms with Crippen LogP contribution >= 0.6 is 0 Å². The van der Waals surface area contributed by atoms with Crippen molar-refractivity contribution in [2.24, 2.45) is 5.41 Å². The molecule has 1 saturated carbocycles. The monoisotopic (exact) mass is 485 g/mol. The lowest BCUT2D eigenvalue weighted by molar-refractivity contribution is 0.0965. The molecule has 3 aliphatic rings. The number of halogens is 2. The maximum Gasteiger partial charge on any atom is 0.252 e. The van der Waals surface area contributed by atoms with E-state index in [-0.39, 0.29) is 29.6 Å². The summed E-state index contributed by atoms with van der Waals surface area (Å²) in [6, 6.07) is 17.3. The minimum atomic E-state index is -0.361. The zero-order valence-corrected chi connectivity index (χ0v) is 19.7. The third-order valence-corrected chi connectivity index (χ3v) is 8.03. The first-order valence-electron chi connectivity index (χ1n) is 12.2. The van der Waals surface area contributed by atoms with Crippen LogP contribution in [-0.4, -0.2) is 19.0 Å². The standard InChI is InChI=1S/C29H25F2N3O2/c30-24-13-19(5-6-20(24)17-36-27-3-1-2-21-22(27)16-33-28(21)35)23-14-29(23)8-10-34(11-9-29)26-7-4-18(15-32)12-25(26)31/h1-7,12-13,23H,8-11,14,16-17H2,(H,33,35). The SMILES string of the molecule is N#Cc1ccc(N2CCC3(CC2)CC3c2ccc(COc3cccc4c3CNC4=O)c(F)c2)c(F)c1. The molecule has 2 aliphatic heterocycles. The summed E-state index contributed by atoms with van der Waals surface area (Å²) in [5, 5.41) is 11.7. The Hall–Kier alpha value is -3.92. The summed E-state index contributed by atoms with van der Waals surface area (Å²) < 4.78 is 35.3. The van der Waals surface area contributed by atoms with Crippen molar-refractivity contribution in [2.75, 3.05) is 18.0 Å². The van der Waals surface area contributed by atoms with Crippen molar-refractivity contribution in [3.8, 4) is 11.8 Å². The highest BCUT2D eigenvalue weighted by atomic mass is 19.1. The summed E-state index contributed by atoms with van der Waals surface area (Å²) >= 11 is 0. The van der Waals surface area contributed by atoms with Gasteiger partial charge in [0.1, 0.15) is 24.0 Å². The van der Waals surface area contributed by atoms with Gasteiger partial charge in [-0.05, 0) is 72.6 Å². The van der Waals surface area contributed by atoms with Crippen LogP contribution in [0.15, 0.2) is 54.6 Å². The molecule has 36 heavy (non-hydrogen) atoms. The molecule has 3 aromatic carbocycles. The van der Waals surface area contributed by atoms with Crippen molar-refractivity contribution in [1.29, 1.82) is 5.26 Å². The predicted octanol–water partition coefficient (Wildman–Crippen LogP) is 5.43. The van der Waals surface area contributed by atoms with Crippen LogP contribution in [-0.2, 0) is 13.2 Å².